The van der Waals surface area contributed by atoms with Crippen LogP contribution >= 0.6 is 12.6 Å². The number of carbonyl (C=O) groups excluding carboxylic acids is 1. The Hall–Kier alpha value is -1.46. The molecule has 0 spiro atoms. The van der Waals surface area contributed by atoms with E-state index in [-0.39, 0.29) is 5.91 Å². The number of amides is 1. The van der Waals surface area contributed by atoms with Crippen LogP contribution in [0.5, 0.6) is 0 Å². The minimum Gasteiger partial charge on any atom is -0.393 e. The Morgan fingerprint density at radius 1 is 1.44 bits per heavy atom. The highest BCUT2D eigenvalue weighted by molar-refractivity contribution is 7.85. The summed E-state index contributed by atoms with van der Waals surface area (Å²) in [6.45, 7) is 0.492. The normalized spacial score (nSPS) is 11.1. The molecule has 0 saturated carbocycles. The summed E-state index contributed by atoms with van der Waals surface area (Å²) in [4.78, 5) is 11.9. The molecule has 0 atom stereocenters. The van der Waals surface area contributed by atoms with Gasteiger partial charge in [0.15, 0.2) is 0 Å². The van der Waals surface area contributed by atoms with Crippen LogP contribution in [0, 0.1) is 0 Å². The average molecular weight is 237 g/mol. The summed E-state index contributed by atoms with van der Waals surface area (Å²) < 4.78 is 0. The van der Waals surface area contributed by atoms with Gasteiger partial charge in [-0.05, 0) is 17.7 Å². The first kappa shape index (κ1) is 12.6. The Kier molecular flexibility index (Phi) is 4.88. The van der Waals surface area contributed by atoms with Crippen molar-refractivity contribution < 1.29 is 4.79 Å². The van der Waals surface area contributed by atoms with Gasteiger partial charge >= 0.3 is 0 Å². The van der Waals surface area contributed by atoms with Crippen LogP contribution in [-0.2, 0) is 11.3 Å². The lowest BCUT2D eigenvalue weighted by Crippen LogP contribution is -2.13. The van der Waals surface area contributed by atoms with Crippen molar-refractivity contribution in [3.05, 3.63) is 40.9 Å². The minimum absolute atomic E-state index is 0.252. The first-order valence-electron chi connectivity index (χ1n) is 4.84. The van der Waals surface area contributed by atoms with Crippen molar-refractivity contribution in [2.75, 3.05) is 12.4 Å². The van der Waals surface area contributed by atoms with Gasteiger partial charge in [0.25, 0.3) is 5.91 Å². The van der Waals surface area contributed by atoms with Gasteiger partial charge in [-0.25, -0.2) is 0 Å². The maximum atomic E-state index is 11.5. The fourth-order valence-electron chi connectivity index (χ4n) is 1.12. The molecule has 16 heavy (non-hydrogen) atoms. The number of hydrogen-bond donors (Lipinski definition) is 4. The molecule has 0 aliphatic heterocycles. The molecule has 1 aromatic carbocycles. The Morgan fingerprint density at radius 3 is 2.56 bits per heavy atom. The first-order chi connectivity index (χ1) is 7.67. The highest BCUT2D eigenvalue weighted by Gasteiger charge is 2.04. The van der Waals surface area contributed by atoms with Gasteiger partial charge < -0.3 is 16.4 Å². The van der Waals surface area contributed by atoms with E-state index < -0.39 is 0 Å². The maximum absolute atomic E-state index is 11.5. The predicted molar refractivity (Wildman–Crippen MR) is 69.1 cm³/mol. The molecule has 0 aromatic heterocycles. The average Bonchev–Trinajstić information content (AvgIpc) is 2.30. The van der Waals surface area contributed by atoms with Gasteiger partial charge in [0.1, 0.15) is 0 Å². The zero-order valence-electron chi connectivity index (χ0n) is 9.03. The minimum atomic E-state index is -0.252. The molecule has 0 aliphatic carbocycles. The van der Waals surface area contributed by atoms with Crippen LogP contribution in [0.15, 0.2) is 35.4 Å². The molecular formula is C11H15N3OS. The molecule has 0 radical (unpaired) electrons. The van der Waals surface area contributed by atoms with Crippen molar-refractivity contribution in [3.8, 4) is 0 Å². The van der Waals surface area contributed by atoms with Crippen LogP contribution in [0.2, 0.25) is 0 Å². The van der Waals surface area contributed by atoms with Crippen molar-refractivity contribution in [1.29, 1.82) is 0 Å². The van der Waals surface area contributed by atoms with Gasteiger partial charge in [-0.15, -0.1) is 12.6 Å². The van der Waals surface area contributed by atoms with Gasteiger partial charge in [0.05, 0.1) is 4.91 Å². The molecule has 1 aromatic rings. The van der Waals surface area contributed by atoms with E-state index >= 15 is 0 Å². The van der Waals surface area contributed by atoms with Gasteiger partial charge in [-0.1, -0.05) is 12.1 Å². The van der Waals surface area contributed by atoms with E-state index in [1.165, 1.54) is 6.20 Å². The summed E-state index contributed by atoms with van der Waals surface area (Å²) in [7, 11) is 1.71. The Morgan fingerprint density at radius 2 is 2.06 bits per heavy atom. The summed E-state index contributed by atoms with van der Waals surface area (Å²) in [6.07, 6.45) is 1.52. The fourth-order valence-corrected chi connectivity index (χ4v) is 1.31. The lowest BCUT2D eigenvalue weighted by Gasteiger charge is -2.05. The van der Waals surface area contributed by atoms with E-state index in [1.807, 2.05) is 12.1 Å². The molecule has 0 unspecified atom stereocenters. The standard InChI is InChI=1S/C11H15N3OS/c1-13-7-10(16)11(15)14-9-4-2-8(6-12)3-5-9/h2-5,7,13,16H,6,12H2,1H3,(H,14,15)/b10-7-. The van der Waals surface area contributed by atoms with Crippen molar-refractivity contribution in [2.45, 2.75) is 6.54 Å². The smallest absolute Gasteiger partial charge is 0.263 e. The number of hydrogen-bond acceptors (Lipinski definition) is 4. The second-order valence-corrected chi connectivity index (χ2v) is 3.66. The van der Waals surface area contributed by atoms with Gasteiger partial charge in [0.2, 0.25) is 0 Å². The van der Waals surface area contributed by atoms with Gasteiger partial charge in [-0.2, -0.15) is 0 Å². The number of carbonyl (C=O) groups is 1. The second-order valence-electron chi connectivity index (χ2n) is 3.17. The third-order valence-electron chi connectivity index (χ3n) is 1.96. The molecule has 4 nitrogen and oxygen atoms in total. The molecular weight excluding hydrogens is 222 g/mol. The number of anilines is 1. The third kappa shape index (κ3) is 3.60. The molecule has 0 fully saturated rings. The molecule has 4 N–H and O–H groups in total. The van der Waals surface area contributed by atoms with E-state index in [0.717, 1.165) is 11.3 Å². The van der Waals surface area contributed by atoms with E-state index in [1.54, 1.807) is 19.2 Å². The van der Waals surface area contributed by atoms with Crippen LogP contribution in [0.25, 0.3) is 0 Å². The Labute approximate surface area is 100 Å². The first-order valence-corrected chi connectivity index (χ1v) is 5.29. The summed E-state index contributed by atoms with van der Waals surface area (Å²) in [5.74, 6) is -0.252. The van der Waals surface area contributed by atoms with Crippen LogP contribution in [-0.4, -0.2) is 13.0 Å². The summed E-state index contributed by atoms with van der Waals surface area (Å²) >= 11 is 4.04. The Balaban J connectivity index is 2.66. The molecule has 0 bridgehead atoms. The van der Waals surface area contributed by atoms with Crippen molar-refractivity contribution >= 4 is 24.2 Å². The zero-order chi connectivity index (χ0) is 12.0. The SMILES string of the molecule is CN/C=C(\S)C(=O)Nc1ccc(CN)cc1. The van der Waals surface area contributed by atoms with E-state index in [4.69, 9.17) is 5.73 Å². The van der Waals surface area contributed by atoms with Crippen LogP contribution in [0.3, 0.4) is 0 Å². The molecule has 5 heteroatoms. The molecule has 0 heterocycles. The van der Waals surface area contributed by atoms with E-state index in [0.29, 0.717) is 11.4 Å². The Bertz CT molecular complexity index is 387. The lowest BCUT2D eigenvalue weighted by atomic mass is 10.2. The van der Waals surface area contributed by atoms with Crippen molar-refractivity contribution in [3.63, 3.8) is 0 Å². The summed E-state index contributed by atoms with van der Waals surface area (Å²) in [6, 6.07) is 7.35. The highest BCUT2D eigenvalue weighted by atomic mass is 32.1. The summed E-state index contributed by atoms with van der Waals surface area (Å²) in [5.41, 5.74) is 7.22. The fraction of sp³-hybridized carbons (Fsp3) is 0.182. The van der Waals surface area contributed by atoms with E-state index in [2.05, 4.69) is 23.3 Å². The molecule has 0 saturated heterocycles. The third-order valence-corrected chi connectivity index (χ3v) is 2.29. The van der Waals surface area contributed by atoms with Crippen LogP contribution < -0.4 is 16.4 Å². The summed E-state index contributed by atoms with van der Waals surface area (Å²) in [5, 5.41) is 5.45. The zero-order valence-corrected chi connectivity index (χ0v) is 9.92. The number of rotatable bonds is 4. The van der Waals surface area contributed by atoms with E-state index in [9.17, 15) is 4.79 Å². The molecule has 86 valence electrons. The number of benzene rings is 1. The quantitative estimate of drug-likeness (QED) is 0.468. The van der Waals surface area contributed by atoms with Crippen LogP contribution in [0.1, 0.15) is 5.56 Å². The topological polar surface area (TPSA) is 67.2 Å². The predicted octanol–water partition coefficient (Wildman–Crippen LogP) is 1.07. The van der Waals surface area contributed by atoms with Gasteiger partial charge in [-0.3, -0.25) is 4.79 Å². The molecule has 0 aliphatic rings. The maximum Gasteiger partial charge on any atom is 0.263 e. The monoisotopic (exact) mass is 237 g/mol. The van der Waals surface area contributed by atoms with Gasteiger partial charge in [0, 0.05) is 25.5 Å². The largest absolute Gasteiger partial charge is 0.393 e. The van der Waals surface area contributed by atoms with Crippen LogP contribution in [0.4, 0.5) is 5.69 Å². The molecule has 1 amide bonds. The second kappa shape index (κ2) is 6.19. The molecule has 1 rings (SSSR count). The lowest BCUT2D eigenvalue weighted by molar-refractivity contribution is -0.112. The number of nitrogens with two attached hydrogens (primary N) is 1. The van der Waals surface area contributed by atoms with Crippen molar-refractivity contribution in [2.24, 2.45) is 5.73 Å². The number of nitrogens with one attached hydrogen (secondary N) is 2. The number of thiol groups is 1. The highest BCUT2D eigenvalue weighted by Crippen LogP contribution is 2.11. The van der Waals surface area contributed by atoms with Crippen molar-refractivity contribution in [1.82, 2.24) is 5.32 Å².